The zero-order chi connectivity index (χ0) is 13.4. The van der Waals surface area contributed by atoms with E-state index in [9.17, 15) is 4.39 Å². The van der Waals surface area contributed by atoms with Crippen LogP contribution in [0.1, 0.15) is 25.7 Å². The zero-order valence-electron chi connectivity index (χ0n) is 11.2. The van der Waals surface area contributed by atoms with Gasteiger partial charge in [0.2, 0.25) is 0 Å². The first-order valence-corrected chi connectivity index (χ1v) is 6.62. The van der Waals surface area contributed by atoms with Crippen molar-refractivity contribution in [2.45, 2.75) is 32.5 Å². The summed E-state index contributed by atoms with van der Waals surface area (Å²) in [7, 11) is 0. The molecule has 3 rings (SSSR count). The molecule has 5 heteroatoms. The number of ether oxygens (including phenoxy) is 1. The molecule has 1 aromatic carbocycles. The van der Waals surface area contributed by atoms with Gasteiger partial charge in [0.15, 0.2) is 0 Å². The van der Waals surface area contributed by atoms with E-state index in [0.29, 0.717) is 24.8 Å². The number of nitrogens with one attached hydrogen (secondary N) is 1. The first-order chi connectivity index (χ1) is 9.15. The van der Waals surface area contributed by atoms with Crippen LogP contribution in [0.25, 0.3) is 11.0 Å². The van der Waals surface area contributed by atoms with Crippen molar-refractivity contribution in [1.82, 2.24) is 14.9 Å². The smallest absolute Gasteiger partial charge is 0.136 e. The number of nitrogens with zero attached hydrogens (tertiary/aromatic N) is 2. The average molecular weight is 263 g/mol. The van der Waals surface area contributed by atoms with E-state index in [1.807, 2.05) is 0 Å². The summed E-state index contributed by atoms with van der Waals surface area (Å²) >= 11 is 0. The molecule has 102 valence electrons. The Morgan fingerprint density at radius 3 is 3.16 bits per heavy atom. The third kappa shape index (κ3) is 2.35. The normalized spacial score (nSPS) is 19.1. The largest absolute Gasteiger partial charge is 0.371 e. The molecule has 0 fully saturated rings. The third-order valence-corrected chi connectivity index (χ3v) is 3.39. The van der Waals surface area contributed by atoms with E-state index < -0.39 is 0 Å². The summed E-state index contributed by atoms with van der Waals surface area (Å²) in [5.41, 5.74) is 1.69. The van der Waals surface area contributed by atoms with Crippen molar-refractivity contribution >= 4 is 11.0 Å². The quantitative estimate of drug-likeness (QED) is 0.923. The minimum absolute atomic E-state index is 0.210. The number of hydrogen-bond acceptors (Lipinski definition) is 3. The third-order valence-electron chi connectivity index (χ3n) is 3.39. The lowest BCUT2D eigenvalue weighted by molar-refractivity contribution is 0.0559. The highest BCUT2D eigenvalue weighted by Gasteiger charge is 2.24. The van der Waals surface area contributed by atoms with Gasteiger partial charge in [0.25, 0.3) is 0 Å². The van der Waals surface area contributed by atoms with Gasteiger partial charge in [-0.15, -0.1) is 0 Å². The first-order valence-electron chi connectivity index (χ1n) is 6.62. The summed E-state index contributed by atoms with van der Waals surface area (Å²) in [5, 5.41) is 3.42. The molecule has 0 saturated heterocycles. The molecule has 1 unspecified atom stereocenters. The van der Waals surface area contributed by atoms with E-state index in [4.69, 9.17) is 4.74 Å². The Morgan fingerprint density at radius 1 is 1.53 bits per heavy atom. The minimum atomic E-state index is -0.249. The predicted molar refractivity (Wildman–Crippen MR) is 71.5 cm³/mol. The highest BCUT2D eigenvalue weighted by atomic mass is 19.1. The molecule has 4 nitrogen and oxygen atoms in total. The maximum absolute atomic E-state index is 13.3. The second-order valence-corrected chi connectivity index (χ2v) is 5.26. The Hall–Kier alpha value is -1.46. The van der Waals surface area contributed by atoms with Crippen LogP contribution in [0.5, 0.6) is 0 Å². The van der Waals surface area contributed by atoms with Crippen LogP contribution in [0, 0.1) is 5.82 Å². The van der Waals surface area contributed by atoms with Gasteiger partial charge in [-0.1, -0.05) is 13.8 Å². The lowest BCUT2D eigenvalue weighted by atomic mass is 10.2. The van der Waals surface area contributed by atoms with E-state index in [-0.39, 0.29) is 11.9 Å². The summed E-state index contributed by atoms with van der Waals surface area (Å²) in [6, 6.07) is 5.40. The fraction of sp³-hybridized carbons (Fsp3) is 0.500. The van der Waals surface area contributed by atoms with E-state index >= 15 is 0 Å². The van der Waals surface area contributed by atoms with Gasteiger partial charge < -0.3 is 14.6 Å². The molecule has 1 atom stereocenters. The number of imidazole rings is 1. The topological polar surface area (TPSA) is 39.1 Å². The molecule has 0 radical (unpaired) electrons. The van der Waals surface area contributed by atoms with Crippen molar-refractivity contribution in [3.8, 4) is 0 Å². The standard InChI is InChI=1S/C14H18FN3O/c1-9(2)16-6-11-7-19-8-14-17-12-5-10(15)3-4-13(12)18(11)14/h3-5,9,11,16H,6-8H2,1-2H3. The van der Waals surface area contributed by atoms with Crippen molar-refractivity contribution in [3.63, 3.8) is 0 Å². The highest BCUT2D eigenvalue weighted by molar-refractivity contribution is 5.76. The second kappa shape index (κ2) is 4.90. The van der Waals surface area contributed by atoms with E-state index in [1.165, 1.54) is 12.1 Å². The molecule has 1 N–H and O–H groups in total. The Morgan fingerprint density at radius 2 is 2.37 bits per heavy atom. The van der Waals surface area contributed by atoms with Gasteiger partial charge in [-0.2, -0.15) is 0 Å². The monoisotopic (exact) mass is 263 g/mol. The van der Waals surface area contributed by atoms with Crippen LogP contribution in [0.4, 0.5) is 4.39 Å². The average Bonchev–Trinajstić information content (AvgIpc) is 2.73. The lowest BCUT2D eigenvalue weighted by Gasteiger charge is -2.27. The summed E-state index contributed by atoms with van der Waals surface area (Å²) in [6.45, 7) is 6.22. The van der Waals surface area contributed by atoms with Crippen molar-refractivity contribution in [1.29, 1.82) is 0 Å². The van der Waals surface area contributed by atoms with Gasteiger partial charge >= 0.3 is 0 Å². The van der Waals surface area contributed by atoms with Gasteiger partial charge in [0, 0.05) is 18.7 Å². The van der Waals surface area contributed by atoms with E-state index in [1.54, 1.807) is 6.07 Å². The maximum Gasteiger partial charge on any atom is 0.136 e. The summed E-state index contributed by atoms with van der Waals surface area (Å²) < 4.78 is 21.0. The Kier molecular flexibility index (Phi) is 3.24. The van der Waals surface area contributed by atoms with Crippen LogP contribution in [0.2, 0.25) is 0 Å². The van der Waals surface area contributed by atoms with Gasteiger partial charge in [-0.25, -0.2) is 9.37 Å². The van der Waals surface area contributed by atoms with Gasteiger partial charge in [-0.3, -0.25) is 0 Å². The molecule has 1 aliphatic rings. The molecule has 0 spiro atoms. The minimum Gasteiger partial charge on any atom is -0.371 e. The van der Waals surface area contributed by atoms with Gasteiger partial charge in [0.05, 0.1) is 23.7 Å². The zero-order valence-corrected chi connectivity index (χ0v) is 11.2. The summed E-state index contributed by atoms with van der Waals surface area (Å²) in [5.74, 6) is 0.628. The molecular weight excluding hydrogens is 245 g/mol. The fourth-order valence-electron chi connectivity index (χ4n) is 2.51. The molecule has 2 aromatic rings. The number of hydrogen-bond donors (Lipinski definition) is 1. The van der Waals surface area contributed by atoms with Crippen LogP contribution in [0.3, 0.4) is 0 Å². The molecule has 19 heavy (non-hydrogen) atoms. The molecule has 1 aliphatic heterocycles. The maximum atomic E-state index is 13.3. The van der Waals surface area contributed by atoms with E-state index in [2.05, 4.69) is 28.7 Å². The van der Waals surface area contributed by atoms with Crippen LogP contribution in [-0.4, -0.2) is 28.7 Å². The molecule has 0 aliphatic carbocycles. The van der Waals surface area contributed by atoms with Crippen LogP contribution in [-0.2, 0) is 11.3 Å². The number of aromatic nitrogens is 2. The number of fused-ring (bicyclic) bond motifs is 3. The van der Waals surface area contributed by atoms with Crippen LogP contribution in [0.15, 0.2) is 18.2 Å². The SMILES string of the molecule is CC(C)NCC1COCc2nc3cc(F)ccc3n21. The van der Waals surface area contributed by atoms with Crippen molar-refractivity contribution in [2.75, 3.05) is 13.2 Å². The summed E-state index contributed by atoms with van der Waals surface area (Å²) in [6.07, 6.45) is 0. The number of halogens is 1. The van der Waals surface area contributed by atoms with E-state index in [0.717, 1.165) is 17.9 Å². The molecule has 2 heterocycles. The molecule has 1 aromatic heterocycles. The van der Waals surface area contributed by atoms with Crippen molar-refractivity contribution in [2.24, 2.45) is 0 Å². The first kappa shape index (κ1) is 12.6. The Balaban J connectivity index is 2.00. The van der Waals surface area contributed by atoms with Gasteiger partial charge in [0.1, 0.15) is 18.2 Å². The molecule has 0 amide bonds. The Labute approximate surface area is 111 Å². The number of benzene rings is 1. The fourth-order valence-corrected chi connectivity index (χ4v) is 2.51. The van der Waals surface area contributed by atoms with Crippen molar-refractivity contribution in [3.05, 3.63) is 29.8 Å². The second-order valence-electron chi connectivity index (χ2n) is 5.26. The van der Waals surface area contributed by atoms with Crippen molar-refractivity contribution < 1.29 is 9.13 Å². The molecule has 0 saturated carbocycles. The summed E-state index contributed by atoms with van der Waals surface area (Å²) in [4.78, 5) is 4.46. The number of rotatable bonds is 3. The predicted octanol–water partition coefficient (Wildman–Crippen LogP) is 2.24. The van der Waals surface area contributed by atoms with Gasteiger partial charge in [-0.05, 0) is 12.1 Å². The Bertz CT molecular complexity index is 594. The molecule has 0 bridgehead atoms. The lowest BCUT2D eigenvalue weighted by Crippen LogP contribution is -2.35. The molecular formula is C14H18FN3O. The van der Waals surface area contributed by atoms with Crippen LogP contribution < -0.4 is 5.32 Å². The van der Waals surface area contributed by atoms with Crippen LogP contribution >= 0.6 is 0 Å². The highest BCUT2D eigenvalue weighted by Crippen LogP contribution is 2.26.